The lowest BCUT2D eigenvalue weighted by Gasteiger charge is -2.12. The summed E-state index contributed by atoms with van der Waals surface area (Å²) in [5.41, 5.74) is 1.22. The zero-order chi connectivity index (χ0) is 18.2. The first kappa shape index (κ1) is 18.8. The maximum Gasteiger partial charge on any atom is 0.270 e. The molecule has 0 aliphatic heterocycles. The van der Waals surface area contributed by atoms with Gasteiger partial charge in [0.15, 0.2) is 0 Å². The lowest BCUT2D eigenvalue weighted by Crippen LogP contribution is -2.17. The Balaban J connectivity index is 2.27. The number of rotatable bonds is 8. The molecule has 0 saturated carbocycles. The second-order valence-electron chi connectivity index (χ2n) is 5.09. The molecule has 1 amide bonds. The lowest BCUT2D eigenvalue weighted by molar-refractivity contribution is -0.384. The van der Waals surface area contributed by atoms with E-state index in [4.69, 9.17) is 4.74 Å². The second kappa shape index (κ2) is 9.05. The average molecular weight is 361 g/mol. The van der Waals surface area contributed by atoms with E-state index in [1.54, 1.807) is 24.9 Å². The molecule has 2 aromatic carbocycles. The number of benzene rings is 2. The number of hydrogen-bond acceptors (Lipinski definition) is 6. The molecule has 0 radical (unpaired) electrons. The number of nitro benzene ring substituents is 1. The van der Waals surface area contributed by atoms with Crippen molar-refractivity contribution in [2.75, 3.05) is 37.2 Å². The van der Waals surface area contributed by atoms with Gasteiger partial charge >= 0.3 is 0 Å². The summed E-state index contributed by atoms with van der Waals surface area (Å²) in [6, 6.07) is 11.5. The first-order chi connectivity index (χ1) is 12.0. The molecule has 0 unspecified atom stereocenters. The first-order valence-corrected chi connectivity index (χ1v) is 8.74. The average Bonchev–Trinajstić information content (AvgIpc) is 2.62. The number of methoxy groups -OCH3 is 1. The molecule has 7 nitrogen and oxygen atoms in total. The van der Waals surface area contributed by atoms with Crippen molar-refractivity contribution in [3.05, 3.63) is 58.1 Å². The van der Waals surface area contributed by atoms with E-state index in [0.717, 1.165) is 4.90 Å². The first-order valence-electron chi connectivity index (χ1n) is 7.52. The number of carbonyl (C=O) groups excluding carboxylic acids is 1. The summed E-state index contributed by atoms with van der Waals surface area (Å²) >= 11 is 1.56. The van der Waals surface area contributed by atoms with Crippen LogP contribution in [0.4, 0.5) is 17.1 Å². The van der Waals surface area contributed by atoms with Crippen LogP contribution in [-0.4, -0.2) is 37.3 Å². The third kappa shape index (κ3) is 5.20. The second-order valence-corrected chi connectivity index (χ2v) is 5.97. The van der Waals surface area contributed by atoms with Crippen LogP contribution in [0.2, 0.25) is 0 Å². The molecular formula is C17H19N3O4S. The molecule has 2 aromatic rings. The standard InChI is InChI=1S/C17H19N3O4S/c1-24-9-8-18-16-7-6-13(20(22)23)11-15(16)17(21)19-12-4-3-5-14(10-12)25-2/h3-7,10-11,18H,8-9H2,1-2H3,(H,19,21). The molecule has 0 spiro atoms. The van der Waals surface area contributed by atoms with Crippen LogP contribution >= 0.6 is 11.8 Å². The van der Waals surface area contributed by atoms with E-state index in [1.165, 1.54) is 18.2 Å². The van der Waals surface area contributed by atoms with Gasteiger partial charge in [0.2, 0.25) is 0 Å². The minimum absolute atomic E-state index is 0.139. The largest absolute Gasteiger partial charge is 0.383 e. The van der Waals surface area contributed by atoms with Crippen molar-refractivity contribution in [1.29, 1.82) is 0 Å². The molecule has 0 heterocycles. The molecule has 132 valence electrons. The van der Waals surface area contributed by atoms with Crippen molar-refractivity contribution in [2.24, 2.45) is 0 Å². The van der Waals surface area contributed by atoms with Gasteiger partial charge in [-0.2, -0.15) is 0 Å². The van der Waals surface area contributed by atoms with Crippen molar-refractivity contribution >= 4 is 34.7 Å². The molecule has 8 heteroatoms. The summed E-state index contributed by atoms with van der Waals surface area (Å²) < 4.78 is 4.97. The number of nitrogens with one attached hydrogen (secondary N) is 2. The number of non-ortho nitro benzene ring substituents is 1. The molecule has 0 bridgehead atoms. The normalized spacial score (nSPS) is 10.3. The Bertz CT molecular complexity index is 767. The van der Waals surface area contributed by atoms with E-state index in [-0.39, 0.29) is 11.3 Å². The van der Waals surface area contributed by atoms with Gasteiger partial charge < -0.3 is 15.4 Å². The van der Waals surface area contributed by atoms with Gasteiger partial charge in [-0.05, 0) is 30.5 Å². The van der Waals surface area contributed by atoms with Crippen molar-refractivity contribution in [3.63, 3.8) is 0 Å². The van der Waals surface area contributed by atoms with Crippen molar-refractivity contribution in [2.45, 2.75) is 4.90 Å². The molecule has 2 N–H and O–H groups in total. The number of hydrogen-bond donors (Lipinski definition) is 2. The predicted molar refractivity (Wildman–Crippen MR) is 99.6 cm³/mol. The highest BCUT2D eigenvalue weighted by Gasteiger charge is 2.17. The molecule has 25 heavy (non-hydrogen) atoms. The zero-order valence-electron chi connectivity index (χ0n) is 13.9. The number of carbonyl (C=O) groups is 1. The fraction of sp³-hybridized carbons (Fsp3) is 0.235. The Morgan fingerprint density at radius 1 is 1.28 bits per heavy atom. The predicted octanol–water partition coefficient (Wildman–Crippen LogP) is 3.63. The monoisotopic (exact) mass is 361 g/mol. The summed E-state index contributed by atoms with van der Waals surface area (Å²) in [5.74, 6) is -0.415. The SMILES string of the molecule is COCCNc1ccc([N+](=O)[O-])cc1C(=O)Nc1cccc(SC)c1. The topological polar surface area (TPSA) is 93.5 Å². The molecule has 0 aromatic heterocycles. The van der Waals surface area contributed by atoms with Gasteiger partial charge in [-0.1, -0.05) is 6.07 Å². The number of amides is 1. The van der Waals surface area contributed by atoms with E-state index in [0.29, 0.717) is 24.5 Å². The Morgan fingerprint density at radius 2 is 2.08 bits per heavy atom. The maximum absolute atomic E-state index is 12.6. The molecule has 0 aliphatic carbocycles. The van der Waals surface area contributed by atoms with Crippen LogP contribution in [-0.2, 0) is 4.74 Å². The van der Waals surface area contributed by atoms with Crippen molar-refractivity contribution in [3.8, 4) is 0 Å². The van der Waals surface area contributed by atoms with Gasteiger partial charge in [0, 0.05) is 42.1 Å². The van der Waals surface area contributed by atoms with Crippen LogP contribution in [0.15, 0.2) is 47.4 Å². The number of anilines is 2. The summed E-state index contributed by atoms with van der Waals surface area (Å²) in [6.07, 6.45) is 1.94. The molecular weight excluding hydrogens is 342 g/mol. The summed E-state index contributed by atoms with van der Waals surface area (Å²) in [7, 11) is 1.57. The Kier molecular flexibility index (Phi) is 6.79. The molecule has 2 rings (SSSR count). The number of nitro groups is 1. The highest BCUT2D eigenvalue weighted by Crippen LogP contribution is 2.24. The highest BCUT2D eigenvalue weighted by molar-refractivity contribution is 7.98. The van der Waals surface area contributed by atoms with Gasteiger partial charge in [0.1, 0.15) is 0 Å². The van der Waals surface area contributed by atoms with E-state index >= 15 is 0 Å². The Labute approximate surface area is 149 Å². The van der Waals surface area contributed by atoms with Gasteiger partial charge in [-0.15, -0.1) is 11.8 Å². The Morgan fingerprint density at radius 3 is 2.76 bits per heavy atom. The van der Waals surface area contributed by atoms with Crippen molar-refractivity contribution < 1.29 is 14.5 Å². The fourth-order valence-corrected chi connectivity index (χ4v) is 2.63. The zero-order valence-corrected chi connectivity index (χ0v) is 14.8. The van der Waals surface area contributed by atoms with Crippen LogP contribution in [0.25, 0.3) is 0 Å². The maximum atomic E-state index is 12.6. The van der Waals surface area contributed by atoms with Gasteiger partial charge in [-0.25, -0.2) is 0 Å². The number of thioether (sulfide) groups is 1. The molecule has 0 saturated heterocycles. The fourth-order valence-electron chi connectivity index (χ4n) is 2.17. The van der Waals surface area contributed by atoms with Crippen LogP contribution < -0.4 is 10.6 Å². The highest BCUT2D eigenvalue weighted by atomic mass is 32.2. The van der Waals surface area contributed by atoms with Gasteiger partial charge in [-0.3, -0.25) is 14.9 Å². The third-order valence-electron chi connectivity index (χ3n) is 3.41. The van der Waals surface area contributed by atoms with Crippen molar-refractivity contribution in [1.82, 2.24) is 0 Å². The quantitative estimate of drug-likeness (QED) is 0.323. The number of ether oxygens (including phenoxy) is 1. The minimum Gasteiger partial charge on any atom is -0.383 e. The number of nitrogens with zero attached hydrogens (tertiary/aromatic N) is 1. The van der Waals surface area contributed by atoms with Gasteiger partial charge in [0.25, 0.3) is 11.6 Å². The smallest absolute Gasteiger partial charge is 0.270 e. The lowest BCUT2D eigenvalue weighted by atomic mass is 10.1. The summed E-state index contributed by atoms with van der Waals surface area (Å²) in [6.45, 7) is 0.935. The summed E-state index contributed by atoms with van der Waals surface area (Å²) in [4.78, 5) is 24.1. The van der Waals surface area contributed by atoms with Gasteiger partial charge in [0.05, 0.1) is 17.1 Å². The van der Waals surface area contributed by atoms with E-state index in [1.807, 2.05) is 24.5 Å². The van der Waals surface area contributed by atoms with Crippen LogP contribution in [0.5, 0.6) is 0 Å². The van der Waals surface area contributed by atoms with E-state index in [9.17, 15) is 14.9 Å². The van der Waals surface area contributed by atoms with Crippen LogP contribution in [0.1, 0.15) is 10.4 Å². The molecule has 0 atom stereocenters. The molecule has 0 fully saturated rings. The minimum atomic E-state index is -0.524. The van der Waals surface area contributed by atoms with Crippen LogP contribution in [0.3, 0.4) is 0 Å². The van der Waals surface area contributed by atoms with E-state index in [2.05, 4.69) is 10.6 Å². The summed E-state index contributed by atoms with van der Waals surface area (Å²) in [5, 5.41) is 16.9. The third-order valence-corrected chi connectivity index (χ3v) is 4.13. The Hall–Kier alpha value is -2.58. The van der Waals surface area contributed by atoms with Crippen LogP contribution in [0, 0.1) is 10.1 Å². The molecule has 0 aliphatic rings. The van der Waals surface area contributed by atoms with E-state index < -0.39 is 10.8 Å².